The first-order chi connectivity index (χ1) is 31.2. The van der Waals surface area contributed by atoms with Gasteiger partial charge in [0, 0.05) is 54.8 Å². The van der Waals surface area contributed by atoms with E-state index in [0.29, 0.717) is 0 Å². The summed E-state index contributed by atoms with van der Waals surface area (Å²) in [6.07, 6.45) is 0. The molecule has 4 aromatic heterocycles. The summed E-state index contributed by atoms with van der Waals surface area (Å²) in [5, 5.41) is 11.8. The quantitative estimate of drug-likeness (QED) is 0.178. The van der Waals surface area contributed by atoms with Gasteiger partial charge in [0.1, 0.15) is 16.9 Å². The third-order valence-electron chi connectivity index (χ3n) is 13.0. The van der Waals surface area contributed by atoms with Crippen molar-refractivity contribution in [3.05, 3.63) is 206 Å². The van der Waals surface area contributed by atoms with Gasteiger partial charge in [0.25, 0.3) is 0 Å². The van der Waals surface area contributed by atoms with Gasteiger partial charge in [-0.2, -0.15) is 0 Å². The fraction of sp³-hybridized carbons (Fsp3) is 0. The fourth-order valence-corrected chi connectivity index (χ4v) is 10.2. The van der Waals surface area contributed by atoms with Crippen LogP contribution in [-0.2, 0) is 0 Å². The van der Waals surface area contributed by atoms with Crippen molar-refractivity contribution in [2.45, 2.75) is 0 Å². The van der Waals surface area contributed by atoms with Crippen LogP contribution < -0.4 is 0 Å². The fourth-order valence-electron chi connectivity index (χ4n) is 10.2. The predicted molar refractivity (Wildman–Crippen MR) is 261 cm³/mol. The molecule has 14 rings (SSSR count). The Morgan fingerprint density at radius 3 is 1.57 bits per heavy atom. The van der Waals surface area contributed by atoms with Crippen LogP contribution in [0.15, 0.2) is 211 Å². The van der Waals surface area contributed by atoms with Gasteiger partial charge in [-0.25, -0.2) is 9.97 Å². The molecule has 0 atom stereocenters. The largest absolute Gasteiger partial charge is 0.455 e. The first-order valence-corrected chi connectivity index (χ1v) is 21.4. The highest BCUT2D eigenvalue weighted by Gasteiger charge is 2.20. The van der Waals surface area contributed by atoms with Crippen LogP contribution in [0.2, 0.25) is 0 Å². The van der Waals surface area contributed by atoms with Gasteiger partial charge in [-0.3, -0.25) is 0 Å². The maximum absolute atomic E-state index is 6.52. The minimum absolute atomic E-state index is 0.800. The van der Waals surface area contributed by atoms with Gasteiger partial charge in [-0.15, -0.1) is 0 Å². The van der Waals surface area contributed by atoms with Crippen LogP contribution >= 0.6 is 0 Å². The molecule has 5 heteroatoms. The molecule has 0 N–H and O–H groups in total. The molecule has 0 amide bonds. The lowest BCUT2D eigenvalue weighted by Crippen LogP contribution is -1.96. The minimum Gasteiger partial charge on any atom is -0.455 e. The first kappa shape index (κ1) is 34.2. The highest BCUT2D eigenvalue weighted by molar-refractivity contribution is 6.15. The highest BCUT2D eigenvalue weighted by Crippen LogP contribution is 2.41. The lowest BCUT2D eigenvalue weighted by Gasteiger charge is -2.13. The van der Waals surface area contributed by atoms with Crippen LogP contribution in [0.3, 0.4) is 0 Å². The van der Waals surface area contributed by atoms with Gasteiger partial charge in [0.05, 0.1) is 38.8 Å². The second-order valence-corrected chi connectivity index (χ2v) is 16.6. The number of hydrogen-bond acceptors (Lipinski definition) is 3. The molecule has 10 aromatic carbocycles. The Kier molecular flexibility index (Phi) is 7.05. The van der Waals surface area contributed by atoms with E-state index in [4.69, 9.17) is 14.4 Å². The Morgan fingerprint density at radius 1 is 0.333 bits per heavy atom. The van der Waals surface area contributed by atoms with Crippen molar-refractivity contribution in [2.75, 3.05) is 0 Å². The monoisotopic (exact) mass is 802 g/mol. The molecule has 0 radical (unpaired) electrons. The summed E-state index contributed by atoms with van der Waals surface area (Å²) < 4.78 is 11.3. The number of rotatable bonds is 4. The van der Waals surface area contributed by atoms with E-state index < -0.39 is 0 Å². The van der Waals surface area contributed by atoms with Gasteiger partial charge in [-0.1, -0.05) is 121 Å². The summed E-state index contributed by atoms with van der Waals surface area (Å²) in [6, 6.07) is 73.8. The summed E-state index contributed by atoms with van der Waals surface area (Å²) >= 11 is 0. The normalized spacial score (nSPS) is 12.1. The molecule has 5 nitrogen and oxygen atoms in total. The van der Waals surface area contributed by atoms with Gasteiger partial charge < -0.3 is 13.6 Å². The van der Waals surface area contributed by atoms with E-state index in [2.05, 4.69) is 179 Å². The van der Waals surface area contributed by atoms with Crippen molar-refractivity contribution < 1.29 is 4.42 Å². The molecular weight excluding hydrogens is 769 g/mol. The Hall–Kier alpha value is -8.54. The molecular formula is C58H34N4O. The van der Waals surface area contributed by atoms with Crippen LogP contribution in [0.1, 0.15) is 0 Å². The third kappa shape index (κ3) is 5.05. The molecule has 0 unspecified atom stereocenters. The summed E-state index contributed by atoms with van der Waals surface area (Å²) in [5.74, 6) is 0. The molecule has 4 heterocycles. The Labute approximate surface area is 360 Å². The van der Waals surface area contributed by atoms with Gasteiger partial charge in [0.2, 0.25) is 0 Å². The average Bonchev–Trinajstić information content (AvgIpc) is 4.00. The standard InChI is InChI=1S/C58H34N4O/c1-7-20-51-42(12-1)43-13-2-8-21-52(43)61(51)41-29-27-37-34-54-48(33-39(37)32-41)44-14-3-9-22-53(44)62(54)40-28-26-35-30-38(25-24-36(35)31-40)56-57(60-50-19-6-5-18-49(50)59-56)47-17-11-16-46-45-15-4-10-23-55(45)63-58(46)47/h1-34H. The predicted octanol–water partition coefficient (Wildman–Crippen LogP) is 15.4. The SMILES string of the molecule is c1ccc2nc(-c3cccc4c3oc3ccccc34)c(-c3ccc4cc(-n5c6ccccc6c6cc7cc(-n8c9ccccc9c9ccccc98)ccc7cc65)ccc4c3)nc2c1. The van der Waals surface area contributed by atoms with E-state index in [1.807, 2.05) is 36.4 Å². The number of para-hydroxylation sites is 7. The highest BCUT2D eigenvalue weighted by atomic mass is 16.3. The summed E-state index contributed by atoms with van der Waals surface area (Å²) in [4.78, 5) is 10.5. The average molecular weight is 803 g/mol. The van der Waals surface area contributed by atoms with Crippen molar-refractivity contribution in [3.8, 4) is 33.9 Å². The number of nitrogens with zero attached hydrogens (tertiary/aromatic N) is 4. The molecule has 63 heavy (non-hydrogen) atoms. The molecule has 0 bridgehead atoms. The molecule has 0 saturated carbocycles. The Morgan fingerprint density at radius 2 is 0.857 bits per heavy atom. The summed E-state index contributed by atoms with van der Waals surface area (Å²) in [7, 11) is 0. The van der Waals surface area contributed by atoms with E-state index in [0.717, 1.165) is 77.6 Å². The zero-order chi connectivity index (χ0) is 41.2. The van der Waals surface area contributed by atoms with Crippen molar-refractivity contribution in [2.24, 2.45) is 0 Å². The maximum Gasteiger partial charge on any atom is 0.144 e. The molecule has 0 aliphatic rings. The molecule has 0 saturated heterocycles. The molecule has 14 aromatic rings. The maximum atomic E-state index is 6.52. The molecule has 292 valence electrons. The number of aromatic nitrogens is 4. The molecule has 0 aliphatic heterocycles. The topological polar surface area (TPSA) is 48.8 Å². The van der Waals surface area contributed by atoms with Gasteiger partial charge in [0.15, 0.2) is 0 Å². The van der Waals surface area contributed by atoms with Crippen LogP contribution in [0.5, 0.6) is 0 Å². The Balaban J connectivity index is 0.910. The first-order valence-electron chi connectivity index (χ1n) is 21.4. The van der Waals surface area contributed by atoms with Gasteiger partial charge >= 0.3 is 0 Å². The number of hydrogen-bond donors (Lipinski definition) is 0. The van der Waals surface area contributed by atoms with Crippen molar-refractivity contribution in [3.63, 3.8) is 0 Å². The van der Waals surface area contributed by atoms with Crippen LogP contribution in [-0.4, -0.2) is 19.1 Å². The lowest BCUT2D eigenvalue weighted by atomic mass is 9.99. The third-order valence-corrected chi connectivity index (χ3v) is 13.0. The van der Waals surface area contributed by atoms with Crippen LogP contribution in [0, 0.1) is 0 Å². The number of benzene rings is 10. The second-order valence-electron chi connectivity index (χ2n) is 16.6. The number of furan rings is 1. The van der Waals surface area contributed by atoms with E-state index in [9.17, 15) is 0 Å². The minimum atomic E-state index is 0.800. The molecule has 0 spiro atoms. The lowest BCUT2D eigenvalue weighted by molar-refractivity contribution is 0.670. The van der Waals surface area contributed by atoms with E-state index in [1.54, 1.807) is 0 Å². The van der Waals surface area contributed by atoms with E-state index in [1.165, 1.54) is 54.4 Å². The second kappa shape index (κ2) is 13.0. The molecule has 0 fully saturated rings. The smallest absolute Gasteiger partial charge is 0.144 e. The van der Waals surface area contributed by atoms with E-state index in [-0.39, 0.29) is 0 Å². The molecule has 0 aliphatic carbocycles. The summed E-state index contributed by atoms with van der Waals surface area (Å²) in [6.45, 7) is 0. The zero-order valence-electron chi connectivity index (χ0n) is 33.8. The van der Waals surface area contributed by atoms with Gasteiger partial charge in [-0.05, 0) is 106 Å². The van der Waals surface area contributed by atoms with Crippen molar-refractivity contribution >= 4 is 98.1 Å². The number of fused-ring (bicyclic) bond motifs is 12. The van der Waals surface area contributed by atoms with Crippen molar-refractivity contribution in [1.29, 1.82) is 0 Å². The van der Waals surface area contributed by atoms with E-state index >= 15 is 0 Å². The zero-order valence-corrected chi connectivity index (χ0v) is 33.8. The van der Waals surface area contributed by atoms with Crippen molar-refractivity contribution in [1.82, 2.24) is 19.1 Å². The summed E-state index contributed by atoms with van der Waals surface area (Å²) in [5.41, 5.74) is 14.0. The Bertz CT molecular complexity index is 4170. The van der Waals surface area contributed by atoms with Crippen LogP contribution in [0.4, 0.5) is 0 Å². The van der Waals surface area contributed by atoms with Crippen LogP contribution in [0.25, 0.3) is 132 Å².